The molecule has 1 saturated heterocycles. The highest BCUT2D eigenvalue weighted by Crippen LogP contribution is 2.39. The van der Waals surface area contributed by atoms with Crippen LogP contribution in [0.5, 0.6) is 0 Å². The number of amides is 2. The Morgan fingerprint density at radius 1 is 1.17 bits per heavy atom. The smallest absolute Gasteiger partial charge is 0.289 e. The zero-order valence-electron chi connectivity index (χ0n) is 17.5. The lowest BCUT2D eigenvalue weighted by Gasteiger charge is -2.37. The molecule has 0 atom stereocenters. The van der Waals surface area contributed by atoms with Crippen molar-refractivity contribution in [2.45, 2.75) is 25.7 Å². The summed E-state index contributed by atoms with van der Waals surface area (Å²) in [6.07, 6.45) is 5.53. The van der Waals surface area contributed by atoms with Gasteiger partial charge in [-0.15, -0.1) is 24.0 Å². The van der Waals surface area contributed by atoms with Crippen molar-refractivity contribution in [1.82, 2.24) is 20.0 Å². The number of nitrogens with one attached hydrogen (secondary N) is 1. The molecule has 1 aromatic heterocycles. The van der Waals surface area contributed by atoms with E-state index in [1.54, 1.807) is 29.0 Å². The lowest BCUT2D eigenvalue weighted by molar-refractivity contribution is -0.138. The predicted octanol–water partition coefficient (Wildman–Crippen LogP) is 1.88. The van der Waals surface area contributed by atoms with Gasteiger partial charge in [0.25, 0.3) is 5.91 Å². The lowest BCUT2D eigenvalue weighted by atomic mass is 9.84. The van der Waals surface area contributed by atoms with Crippen LogP contribution in [0.4, 0.5) is 0 Å². The molecule has 162 valence electrons. The van der Waals surface area contributed by atoms with Crippen LogP contribution < -0.4 is 5.32 Å². The number of carbonyl (C=O) groups is 2. The van der Waals surface area contributed by atoms with Crippen LogP contribution in [0.1, 0.15) is 36.2 Å². The lowest BCUT2D eigenvalue weighted by Crippen LogP contribution is -2.55. The Kier molecular flexibility index (Phi) is 8.35. The maximum Gasteiger partial charge on any atom is 0.289 e. The first-order valence-corrected chi connectivity index (χ1v) is 9.97. The average molecular weight is 517 g/mol. The number of carbonyl (C=O) groups excluding carboxylic acids is 2. The van der Waals surface area contributed by atoms with Gasteiger partial charge in [-0.1, -0.05) is 12.8 Å². The topological polar surface area (TPSA) is 81.4 Å². The molecule has 0 radical (unpaired) electrons. The van der Waals surface area contributed by atoms with Crippen molar-refractivity contribution in [3.63, 3.8) is 0 Å². The van der Waals surface area contributed by atoms with Gasteiger partial charge in [0.2, 0.25) is 5.91 Å². The minimum absolute atomic E-state index is 0. The van der Waals surface area contributed by atoms with Crippen molar-refractivity contribution in [2.24, 2.45) is 10.4 Å². The van der Waals surface area contributed by atoms with Gasteiger partial charge in [-0.25, -0.2) is 0 Å². The number of halogens is 1. The average Bonchev–Trinajstić information content (AvgIpc) is 3.40. The van der Waals surface area contributed by atoms with Gasteiger partial charge in [0.1, 0.15) is 0 Å². The van der Waals surface area contributed by atoms with Crippen LogP contribution in [0, 0.1) is 5.41 Å². The normalized spacial score (nSPS) is 18.9. The van der Waals surface area contributed by atoms with E-state index in [4.69, 9.17) is 4.42 Å². The molecule has 1 aliphatic carbocycles. The SMILES string of the molecule is CN=C(NCC1(C(=O)N(C)C)CCCC1)N1CCN(C(=O)c2ccco2)CC1.I. The minimum Gasteiger partial charge on any atom is -0.459 e. The van der Waals surface area contributed by atoms with Crippen LogP contribution >= 0.6 is 24.0 Å². The number of rotatable bonds is 4. The molecule has 29 heavy (non-hydrogen) atoms. The second-order valence-corrected chi connectivity index (χ2v) is 7.84. The summed E-state index contributed by atoms with van der Waals surface area (Å²) in [6, 6.07) is 3.42. The molecule has 0 spiro atoms. The molecule has 2 aliphatic rings. The Bertz CT molecular complexity index is 706. The third-order valence-corrected chi connectivity index (χ3v) is 5.82. The van der Waals surface area contributed by atoms with Crippen molar-refractivity contribution < 1.29 is 14.0 Å². The first-order valence-electron chi connectivity index (χ1n) is 9.97. The summed E-state index contributed by atoms with van der Waals surface area (Å²) in [5, 5.41) is 3.44. The van der Waals surface area contributed by atoms with Gasteiger partial charge in [-0.3, -0.25) is 14.6 Å². The number of aliphatic imine (C=N–C) groups is 1. The molecule has 9 heteroatoms. The van der Waals surface area contributed by atoms with Crippen molar-refractivity contribution in [3.8, 4) is 0 Å². The number of nitrogens with zero attached hydrogens (tertiary/aromatic N) is 4. The molecule has 0 bridgehead atoms. The minimum atomic E-state index is -0.337. The molecular weight excluding hydrogens is 485 g/mol. The molecule has 1 aliphatic heterocycles. The third-order valence-electron chi connectivity index (χ3n) is 5.82. The summed E-state index contributed by atoms with van der Waals surface area (Å²) in [6.45, 7) is 3.22. The fourth-order valence-corrected chi connectivity index (χ4v) is 4.25. The molecule has 0 aromatic carbocycles. The Balaban J connectivity index is 0.00000300. The first-order chi connectivity index (χ1) is 13.5. The van der Waals surface area contributed by atoms with Crippen LogP contribution in [-0.2, 0) is 4.79 Å². The maximum atomic E-state index is 12.8. The standard InChI is InChI=1S/C20H31N5O3.HI/c1-21-19(22-15-20(8-4-5-9-20)18(27)23(2)3)25-12-10-24(11-13-25)17(26)16-7-6-14-28-16;/h6-7,14H,4-5,8-13,15H2,1-3H3,(H,21,22);1H. The van der Waals surface area contributed by atoms with E-state index < -0.39 is 0 Å². The molecule has 2 heterocycles. The van der Waals surface area contributed by atoms with E-state index in [1.807, 2.05) is 14.1 Å². The largest absolute Gasteiger partial charge is 0.459 e. The van der Waals surface area contributed by atoms with Gasteiger partial charge in [-0.2, -0.15) is 0 Å². The number of furan rings is 1. The molecule has 1 aromatic rings. The first kappa shape index (κ1) is 23.5. The fourth-order valence-electron chi connectivity index (χ4n) is 4.25. The Labute approximate surface area is 189 Å². The highest BCUT2D eigenvalue weighted by Gasteiger charge is 2.42. The number of hydrogen-bond donors (Lipinski definition) is 1. The quantitative estimate of drug-likeness (QED) is 0.375. The van der Waals surface area contributed by atoms with Gasteiger partial charge in [0.05, 0.1) is 11.7 Å². The molecule has 0 unspecified atom stereocenters. The van der Waals surface area contributed by atoms with Crippen molar-refractivity contribution >= 4 is 41.8 Å². The number of hydrogen-bond acceptors (Lipinski definition) is 4. The zero-order valence-corrected chi connectivity index (χ0v) is 19.8. The summed E-state index contributed by atoms with van der Waals surface area (Å²) in [4.78, 5) is 35.2. The summed E-state index contributed by atoms with van der Waals surface area (Å²) >= 11 is 0. The molecule has 8 nitrogen and oxygen atoms in total. The summed E-state index contributed by atoms with van der Waals surface area (Å²) < 4.78 is 5.22. The maximum absolute atomic E-state index is 12.8. The van der Waals surface area contributed by atoms with E-state index in [-0.39, 0.29) is 41.2 Å². The van der Waals surface area contributed by atoms with Gasteiger partial charge >= 0.3 is 0 Å². The van der Waals surface area contributed by atoms with Crippen LogP contribution in [0.15, 0.2) is 27.8 Å². The van der Waals surface area contributed by atoms with Crippen molar-refractivity contribution in [3.05, 3.63) is 24.2 Å². The number of guanidine groups is 1. The van der Waals surface area contributed by atoms with Crippen molar-refractivity contribution in [1.29, 1.82) is 0 Å². The highest BCUT2D eigenvalue weighted by molar-refractivity contribution is 14.0. The molecule has 1 N–H and O–H groups in total. The highest BCUT2D eigenvalue weighted by atomic mass is 127. The number of piperazine rings is 1. The molecule has 1 saturated carbocycles. The van der Waals surface area contributed by atoms with E-state index in [1.165, 1.54) is 6.26 Å². The summed E-state index contributed by atoms with van der Waals surface area (Å²) in [7, 11) is 5.41. The molecule has 2 amide bonds. The molecule has 3 rings (SSSR count). The Hall–Kier alpha value is -1.78. The van der Waals surface area contributed by atoms with E-state index in [9.17, 15) is 9.59 Å². The van der Waals surface area contributed by atoms with Crippen LogP contribution in [0.3, 0.4) is 0 Å². The van der Waals surface area contributed by atoms with Crippen LogP contribution in [0.2, 0.25) is 0 Å². The second-order valence-electron chi connectivity index (χ2n) is 7.84. The van der Waals surface area contributed by atoms with E-state index in [0.717, 1.165) is 31.6 Å². The zero-order chi connectivity index (χ0) is 20.1. The van der Waals surface area contributed by atoms with E-state index in [2.05, 4.69) is 15.2 Å². The monoisotopic (exact) mass is 517 g/mol. The van der Waals surface area contributed by atoms with Crippen LogP contribution in [-0.4, -0.2) is 86.3 Å². The fraction of sp³-hybridized carbons (Fsp3) is 0.650. The van der Waals surface area contributed by atoms with Crippen LogP contribution in [0.25, 0.3) is 0 Å². The Morgan fingerprint density at radius 3 is 2.31 bits per heavy atom. The van der Waals surface area contributed by atoms with Crippen molar-refractivity contribution in [2.75, 3.05) is 53.9 Å². The second kappa shape index (κ2) is 10.3. The molecular formula is C20H32IN5O3. The van der Waals surface area contributed by atoms with Gasteiger partial charge in [0.15, 0.2) is 11.7 Å². The summed E-state index contributed by atoms with van der Waals surface area (Å²) in [5.74, 6) is 1.29. The van der Waals surface area contributed by atoms with Gasteiger partial charge in [-0.05, 0) is 25.0 Å². The Morgan fingerprint density at radius 2 is 1.79 bits per heavy atom. The third kappa shape index (κ3) is 5.23. The van der Waals surface area contributed by atoms with Gasteiger partial charge < -0.3 is 24.4 Å². The van der Waals surface area contributed by atoms with Gasteiger partial charge in [0, 0.05) is 53.9 Å². The van der Waals surface area contributed by atoms with E-state index >= 15 is 0 Å². The molecule has 2 fully saturated rings. The predicted molar refractivity (Wildman–Crippen MR) is 123 cm³/mol. The summed E-state index contributed by atoms with van der Waals surface area (Å²) in [5.41, 5.74) is -0.337. The van der Waals surface area contributed by atoms with E-state index in [0.29, 0.717) is 38.5 Å².